The van der Waals surface area contributed by atoms with Crippen molar-refractivity contribution in [2.45, 2.75) is 45.1 Å². The molecule has 0 spiro atoms. The lowest BCUT2D eigenvalue weighted by Crippen LogP contribution is -2.36. The number of pyridine rings is 1. The summed E-state index contributed by atoms with van der Waals surface area (Å²) in [4.78, 5) is 22.1. The minimum Gasteiger partial charge on any atom is -0.355 e. The van der Waals surface area contributed by atoms with E-state index in [2.05, 4.69) is 37.6 Å². The van der Waals surface area contributed by atoms with Gasteiger partial charge in [-0.15, -0.1) is 0 Å². The van der Waals surface area contributed by atoms with E-state index in [1.807, 2.05) is 30.3 Å². The molecule has 2 aliphatic heterocycles. The molecular formula is C28H34ClN5O. The topological polar surface area (TPSA) is 60.5 Å². The highest BCUT2D eigenvalue weighted by Crippen LogP contribution is 2.29. The molecule has 0 atom stereocenters. The van der Waals surface area contributed by atoms with Crippen molar-refractivity contribution in [1.29, 1.82) is 0 Å². The predicted molar refractivity (Wildman–Crippen MR) is 145 cm³/mol. The molecule has 0 saturated carbocycles. The maximum absolute atomic E-state index is 12.9. The maximum atomic E-state index is 12.9. The van der Waals surface area contributed by atoms with Crippen molar-refractivity contribution in [1.82, 2.24) is 14.8 Å². The van der Waals surface area contributed by atoms with Crippen LogP contribution in [0.5, 0.6) is 0 Å². The zero-order valence-electron chi connectivity index (χ0n) is 20.2. The number of carbonyl (C=O) groups is 1. The summed E-state index contributed by atoms with van der Waals surface area (Å²) in [7, 11) is 0. The SMILES string of the molecule is O=C(CN1CCCCC1)Nc1cc(CN2CCCCC2)cc(Nc2ccnc3cc(Cl)ccc23)c1. The second-order valence-electron chi connectivity index (χ2n) is 9.79. The van der Waals surface area contributed by atoms with Crippen LogP contribution >= 0.6 is 11.6 Å². The monoisotopic (exact) mass is 491 g/mol. The highest BCUT2D eigenvalue weighted by molar-refractivity contribution is 6.31. The zero-order valence-corrected chi connectivity index (χ0v) is 21.0. The molecule has 35 heavy (non-hydrogen) atoms. The Labute approximate surface area is 212 Å². The molecule has 1 aromatic heterocycles. The number of anilines is 3. The summed E-state index contributed by atoms with van der Waals surface area (Å²) in [5, 5.41) is 8.42. The van der Waals surface area contributed by atoms with Crippen LogP contribution in [0.25, 0.3) is 10.9 Å². The van der Waals surface area contributed by atoms with E-state index in [4.69, 9.17) is 11.6 Å². The van der Waals surface area contributed by atoms with E-state index >= 15 is 0 Å². The Morgan fingerprint density at radius 3 is 2.34 bits per heavy atom. The lowest BCUT2D eigenvalue weighted by atomic mass is 10.1. The third kappa shape index (κ3) is 6.51. The number of halogens is 1. The van der Waals surface area contributed by atoms with Crippen LogP contribution in [0.2, 0.25) is 5.02 Å². The fourth-order valence-electron chi connectivity index (χ4n) is 5.21. The lowest BCUT2D eigenvalue weighted by Gasteiger charge is -2.27. The summed E-state index contributed by atoms with van der Waals surface area (Å²) in [6.45, 7) is 5.61. The maximum Gasteiger partial charge on any atom is 0.238 e. The molecule has 2 aliphatic rings. The highest BCUT2D eigenvalue weighted by Gasteiger charge is 2.16. The van der Waals surface area contributed by atoms with Gasteiger partial charge in [0.2, 0.25) is 5.91 Å². The summed E-state index contributed by atoms with van der Waals surface area (Å²) in [6.07, 6.45) is 9.23. The van der Waals surface area contributed by atoms with Crippen LogP contribution in [-0.2, 0) is 11.3 Å². The van der Waals surface area contributed by atoms with Crippen molar-refractivity contribution in [3.05, 3.63) is 59.2 Å². The van der Waals surface area contributed by atoms with E-state index in [1.165, 1.54) is 44.1 Å². The Balaban J connectivity index is 1.38. The number of aromatic nitrogens is 1. The molecule has 2 saturated heterocycles. The molecule has 3 aromatic rings. The van der Waals surface area contributed by atoms with Crippen LogP contribution < -0.4 is 10.6 Å². The van der Waals surface area contributed by atoms with E-state index in [-0.39, 0.29) is 5.91 Å². The van der Waals surface area contributed by atoms with Gasteiger partial charge in [0.05, 0.1) is 12.1 Å². The summed E-state index contributed by atoms with van der Waals surface area (Å²) in [6, 6.07) is 14.1. The zero-order chi connectivity index (χ0) is 24.0. The van der Waals surface area contributed by atoms with Gasteiger partial charge in [0.15, 0.2) is 0 Å². The first-order valence-electron chi connectivity index (χ1n) is 12.8. The molecule has 184 valence electrons. The van der Waals surface area contributed by atoms with Gasteiger partial charge in [0.25, 0.3) is 0 Å². The van der Waals surface area contributed by atoms with Crippen molar-refractivity contribution >= 4 is 45.5 Å². The van der Waals surface area contributed by atoms with Crippen LogP contribution in [0, 0.1) is 0 Å². The van der Waals surface area contributed by atoms with Gasteiger partial charge in [-0.2, -0.15) is 0 Å². The fourth-order valence-corrected chi connectivity index (χ4v) is 5.38. The van der Waals surface area contributed by atoms with Crippen molar-refractivity contribution < 1.29 is 4.79 Å². The van der Waals surface area contributed by atoms with Crippen molar-refractivity contribution in [2.75, 3.05) is 43.4 Å². The molecular weight excluding hydrogens is 458 g/mol. The normalized spacial score (nSPS) is 17.4. The molecule has 2 aromatic carbocycles. The second-order valence-corrected chi connectivity index (χ2v) is 10.2. The molecule has 6 nitrogen and oxygen atoms in total. The summed E-state index contributed by atoms with van der Waals surface area (Å²) < 4.78 is 0. The number of nitrogens with one attached hydrogen (secondary N) is 2. The largest absolute Gasteiger partial charge is 0.355 e. The summed E-state index contributed by atoms with van der Waals surface area (Å²) in [5.74, 6) is 0.0528. The summed E-state index contributed by atoms with van der Waals surface area (Å²) >= 11 is 6.17. The van der Waals surface area contributed by atoms with Crippen LogP contribution in [-0.4, -0.2) is 53.4 Å². The number of likely N-dealkylation sites (tertiary alicyclic amines) is 2. The minimum atomic E-state index is 0.0528. The Kier molecular flexibility index (Phi) is 7.82. The standard InChI is InChI=1S/C28H34ClN5O/c29-22-7-8-25-26(9-10-30-27(25)17-22)31-23-15-21(19-33-11-3-1-4-12-33)16-24(18-23)32-28(35)20-34-13-5-2-6-14-34/h7-10,15-18H,1-6,11-14,19-20H2,(H,30,31)(H,32,35). The number of benzene rings is 2. The van der Waals surface area contributed by atoms with E-state index < -0.39 is 0 Å². The Morgan fingerprint density at radius 1 is 0.857 bits per heavy atom. The predicted octanol–water partition coefficient (Wildman–Crippen LogP) is 6.04. The lowest BCUT2D eigenvalue weighted by molar-refractivity contribution is -0.117. The van der Waals surface area contributed by atoms with Gasteiger partial charge in [-0.25, -0.2) is 0 Å². The van der Waals surface area contributed by atoms with Crippen LogP contribution in [0.1, 0.15) is 44.1 Å². The number of hydrogen-bond acceptors (Lipinski definition) is 5. The quantitative estimate of drug-likeness (QED) is 0.421. The molecule has 3 heterocycles. The molecule has 7 heteroatoms. The molecule has 0 bridgehead atoms. The number of hydrogen-bond donors (Lipinski definition) is 2. The molecule has 1 amide bonds. The molecule has 2 N–H and O–H groups in total. The molecule has 0 radical (unpaired) electrons. The van der Waals surface area contributed by atoms with E-state index in [1.54, 1.807) is 6.20 Å². The van der Waals surface area contributed by atoms with Gasteiger partial charge >= 0.3 is 0 Å². The first kappa shape index (κ1) is 24.0. The van der Waals surface area contributed by atoms with E-state index in [0.717, 1.165) is 60.7 Å². The first-order valence-corrected chi connectivity index (χ1v) is 13.2. The number of nitrogens with zero attached hydrogens (tertiary/aromatic N) is 3. The molecule has 0 unspecified atom stereocenters. The molecule has 0 aliphatic carbocycles. The Morgan fingerprint density at radius 2 is 1.57 bits per heavy atom. The van der Waals surface area contributed by atoms with Gasteiger partial charge < -0.3 is 10.6 Å². The van der Waals surface area contributed by atoms with E-state index in [0.29, 0.717) is 11.6 Å². The third-order valence-corrected chi connectivity index (χ3v) is 7.17. The smallest absolute Gasteiger partial charge is 0.238 e. The second kappa shape index (κ2) is 11.4. The summed E-state index contributed by atoms with van der Waals surface area (Å²) in [5.41, 5.74) is 4.81. The van der Waals surface area contributed by atoms with E-state index in [9.17, 15) is 4.79 Å². The minimum absolute atomic E-state index is 0.0528. The van der Waals surface area contributed by atoms with Crippen LogP contribution in [0.15, 0.2) is 48.7 Å². The third-order valence-electron chi connectivity index (χ3n) is 6.93. The number of piperidine rings is 2. The number of rotatable bonds is 7. The Bertz CT molecular complexity index is 1170. The first-order chi connectivity index (χ1) is 17.1. The molecule has 2 fully saturated rings. The number of amides is 1. The van der Waals surface area contributed by atoms with Gasteiger partial charge in [-0.1, -0.05) is 24.4 Å². The van der Waals surface area contributed by atoms with Crippen molar-refractivity contribution in [3.8, 4) is 0 Å². The van der Waals surface area contributed by atoms with Gasteiger partial charge in [0, 0.05) is 40.2 Å². The average molecular weight is 492 g/mol. The average Bonchev–Trinajstić information content (AvgIpc) is 2.85. The van der Waals surface area contributed by atoms with Crippen LogP contribution in [0.3, 0.4) is 0 Å². The van der Waals surface area contributed by atoms with Crippen molar-refractivity contribution in [2.24, 2.45) is 0 Å². The van der Waals surface area contributed by atoms with Crippen molar-refractivity contribution in [3.63, 3.8) is 0 Å². The number of fused-ring (bicyclic) bond motifs is 1. The van der Waals surface area contributed by atoms with Gasteiger partial charge in [-0.05, 0) is 99.9 Å². The van der Waals surface area contributed by atoms with Crippen LogP contribution in [0.4, 0.5) is 17.1 Å². The molecule has 5 rings (SSSR count). The number of carbonyl (C=O) groups excluding carboxylic acids is 1. The fraction of sp³-hybridized carbons (Fsp3) is 0.429. The van der Waals surface area contributed by atoms with Gasteiger partial charge in [0.1, 0.15) is 0 Å². The highest BCUT2D eigenvalue weighted by atomic mass is 35.5. The Hall–Kier alpha value is -2.67. The van der Waals surface area contributed by atoms with Gasteiger partial charge in [-0.3, -0.25) is 19.6 Å².